The van der Waals surface area contributed by atoms with Gasteiger partial charge in [0.05, 0.1) is 0 Å². The van der Waals surface area contributed by atoms with Crippen molar-refractivity contribution in [3.63, 3.8) is 0 Å². The number of hydrogen-bond acceptors (Lipinski definition) is 5. The van der Waals surface area contributed by atoms with Gasteiger partial charge in [-0.1, -0.05) is 6.92 Å². The highest BCUT2D eigenvalue weighted by Gasteiger charge is 2.07. The van der Waals surface area contributed by atoms with E-state index in [0.717, 1.165) is 28.5 Å². The van der Waals surface area contributed by atoms with E-state index in [1.165, 1.54) is 12.1 Å². The zero-order valence-electron chi connectivity index (χ0n) is 9.47. The molecule has 1 aromatic carbocycles. The molecule has 0 amide bonds. The van der Waals surface area contributed by atoms with E-state index < -0.39 is 0 Å². The molecule has 0 saturated carbocycles. The summed E-state index contributed by atoms with van der Waals surface area (Å²) in [6.45, 7) is 3.78. The molecule has 0 radical (unpaired) electrons. The maximum Gasteiger partial charge on any atom is 0.158 e. The fraction of sp³-hybridized carbons (Fsp3) is 0.250. The van der Waals surface area contributed by atoms with Crippen molar-refractivity contribution in [1.82, 2.24) is 10.3 Å². The Morgan fingerprint density at radius 1 is 1.29 bits per heavy atom. The second-order valence-electron chi connectivity index (χ2n) is 3.62. The van der Waals surface area contributed by atoms with Crippen molar-refractivity contribution >= 4 is 11.3 Å². The first-order valence-corrected chi connectivity index (χ1v) is 6.20. The first-order chi connectivity index (χ1) is 8.20. The van der Waals surface area contributed by atoms with E-state index in [1.54, 1.807) is 17.4 Å². The monoisotopic (exact) mass is 250 g/mol. The Bertz CT molecular complexity index is 511. The summed E-state index contributed by atoms with van der Waals surface area (Å²) >= 11 is 1.57. The van der Waals surface area contributed by atoms with Crippen LogP contribution in [0.2, 0.25) is 0 Å². The number of rotatable bonds is 4. The standard InChI is InChI=1S/C12H14N2O2S/c1-2-13-6-9-7-14-12(17-9)8-3-4-10(15)11(16)5-8/h3-5,7,13,15-16H,2,6H2,1H3. The Hall–Kier alpha value is -1.59. The molecule has 3 N–H and O–H groups in total. The van der Waals surface area contributed by atoms with Gasteiger partial charge in [0.2, 0.25) is 0 Å². The molecule has 17 heavy (non-hydrogen) atoms. The molecule has 1 aromatic heterocycles. The van der Waals surface area contributed by atoms with Crippen LogP contribution < -0.4 is 5.32 Å². The van der Waals surface area contributed by atoms with Gasteiger partial charge in [0.25, 0.3) is 0 Å². The Labute approximate surface area is 104 Å². The Morgan fingerprint density at radius 2 is 2.12 bits per heavy atom. The van der Waals surface area contributed by atoms with Crippen LogP contribution >= 0.6 is 11.3 Å². The molecule has 90 valence electrons. The lowest BCUT2D eigenvalue weighted by molar-refractivity contribution is 0.404. The van der Waals surface area contributed by atoms with Crippen LogP contribution in [-0.4, -0.2) is 21.7 Å². The van der Waals surface area contributed by atoms with Crippen LogP contribution in [0.15, 0.2) is 24.4 Å². The number of aromatic hydroxyl groups is 2. The van der Waals surface area contributed by atoms with Crippen molar-refractivity contribution in [3.8, 4) is 22.1 Å². The number of nitrogens with one attached hydrogen (secondary N) is 1. The summed E-state index contributed by atoms with van der Waals surface area (Å²) in [6, 6.07) is 4.73. The smallest absolute Gasteiger partial charge is 0.158 e. The second-order valence-corrected chi connectivity index (χ2v) is 4.73. The third kappa shape index (κ3) is 2.75. The van der Waals surface area contributed by atoms with Gasteiger partial charge in [-0.15, -0.1) is 11.3 Å². The number of nitrogens with zero attached hydrogens (tertiary/aromatic N) is 1. The lowest BCUT2D eigenvalue weighted by Gasteiger charge is -2.00. The van der Waals surface area contributed by atoms with Crippen LogP contribution in [-0.2, 0) is 6.54 Å². The highest BCUT2D eigenvalue weighted by molar-refractivity contribution is 7.15. The number of thiazole rings is 1. The van der Waals surface area contributed by atoms with Crippen LogP contribution in [0.1, 0.15) is 11.8 Å². The van der Waals surface area contributed by atoms with Crippen molar-refractivity contribution in [3.05, 3.63) is 29.3 Å². The number of phenols is 2. The summed E-state index contributed by atoms with van der Waals surface area (Å²) < 4.78 is 0. The van der Waals surface area contributed by atoms with E-state index in [-0.39, 0.29) is 11.5 Å². The summed E-state index contributed by atoms with van der Waals surface area (Å²) in [5.74, 6) is -0.232. The van der Waals surface area contributed by atoms with Gasteiger partial charge in [-0.2, -0.15) is 0 Å². The number of aromatic nitrogens is 1. The molecular formula is C12H14N2O2S. The lowest BCUT2D eigenvalue weighted by atomic mass is 10.2. The molecule has 0 bridgehead atoms. The van der Waals surface area contributed by atoms with Crippen LogP contribution in [0.4, 0.5) is 0 Å². The van der Waals surface area contributed by atoms with E-state index in [1.807, 2.05) is 6.20 Å². The summed E-state index contributed by atoms with van der Waals surface area (Å²) in [5.41, 5.74) is 0.813. The van der Waals surface area contributed by atoms with E-state index in [9.17, 15) is 10.2 Å². The first-order valence-electron chi connectivity index (χ1n) is 5.38. The molecule has 0 atom stereocenters. The van der Waals surface area contributed by atoms with Gasteiger partial charge >= 0.3 is 0 Å². The molecule has 2 rings (SSSR count). The zero-order valence-corrected chi connectivity index (χ0v) is 10.3. The summed E-state index contributed by atoms with van der Waals surface area (Å²) in [4.78, 5) is 5.44. The molecule has 0 aliphatic rings. The van der Waals surface area contributed by atoms with Gasteiger partial charge < -0.3 is 15.5 Å². The molecule has 0 saturated heterocycles. The largest absolute Gasteiger partial charge is 0.504 e. The van der Waals surface area contributed by atoms with E-state index in [2.05, 4.69) is 17.2 Å². The minimum Gasteiger partial charge on any atom is -0.504 e. The summed E-state index contributed by atoms with van der Waals surface area (Å²) in [7, 11) is 0. The number of hydrogen-bond donors (Lipinski definition) is 3. The predicted octanol–water partition coefficient (Wildman–Crippen LogP) is 2.33. The molecule has 0 aliphatic carbocycles. The van der Waals surface area contributed by atoms with Gasteiger partial charge in [-0.25, -0.2) is 4.98 Å². The van der Waals surface area contributed by atoms with Crippen LogP contribution in [0.25, 0.3) is 10.6 Å². The Balaban J connectivity index is 2.21. The van der Waals surface area contributed by atoms with E-state index >= 15 is 0 Å². The fourth-order valence-electron chi connectivity index (χ4n) is 1.43. The highest BCUT2D eigenvalue weighted by Crippen LogP contribution is 2.32. The average molecular weight is 250 g/mol. The zero-order chi connectivity index (χ0) is 12.3. The molecule has 2 aromatic rings. The molecular weight excluding hydrogens is 236 g/mol. The fourth-order valence-corrected chi connectivity index (χ4v) is 2.31. The molecule has 1 heterocycles. The van der Waals surface area contributed by atoms with E-state index in [0.29, 0.717) is 0 Å². The highest BCUT2D eigenvalue weighted by atomic mass is 32.1. The Morgan fingerprint density at radius 3 is 2.82 bits per heavy atom. The first kappa shape index (κ1) is 11.9. The van der Waals surface area contributed by atoms with Crippen LogP contribution in [0, 0.1) is 0 Å². The van der Waals surface area contributed by atoms with Gasteiger partial charge in [0, 0.05) is 23.2 Å². The predicted molar refractivity (Wildman–Crippen MR) is 68.3 cm³/mol. The molecule has 5 heteroatoms. The van der Waals surface area contributed by atoms with Crippen molar-refractivity contribution in [2.75, 3.05) is 6.54 Å². The van der Waals surface area contributed by atoms with E-state index in [4.69, 9.17) is 0 Å². The summed E-state index contributed by atoms with van der Waals surface area (Å²) in [5, 5.41) is 22.7. The minimum atomic E-state index is -0.120. The molecule has 0 aliphatic heterocycles. The average Bonchev–Trinajstić information content (AvgIpc) is 2.79. The van der Waals surface area contributed by atoms with Crippen molar-refractivity contribution < 1.29 is 10.2 Å². The molecule has 0 spiro atoms. The molecule has 4 nitrogen and oxygen atoms in total. The topological polar surface area (TPSA) is 65.4 Å². The third-order valence-electron chi connectivity index (χ3n) is 2.33. The van der Waals surface area contributed by atoms with Gasteiger partial charge in [-0.3, -0.25) is 0 Å². The number of benzene rings is 1. The molecule has 0 unspecified atom stereocenters. The maximum absolute atomic E-state index is 9.42. The van der Waals surface area contributed by atoms with Gasteiger partial charge in [0.1, 0.15) is 5.01 Å². The SMILES string of the molecule is CCNCc1cnc(-c2ccc(O)c(O)c2)s1. The quantitative estimate of drug-likeness (QED) is 0.729. The number of phenolic OH excluding ortho intramolecular Hbond substituents is 2. The summed E-state index contributed by atoms with van der Waals surface area (Å²) in [6.07, 6.45) is 1.83. The van der Waals surface area contributed by atoms with Crippen molar-refractivity contribution in [2.45, 2.75) is 13.5 Å². The molecule has 0 fully saturated rings. The normalized spacial score (nSPS) is 10.6. The van der Waals surface area contributed by atoms with Gasteiger partial charge in [0.15, 0.2) is 11.5 Å². The maximum atomic E-state index is 9.42. The third-order valence-corrected chi connectivity index (χ3v) is 3.37. The Kier molecular flexibility index (Phi) is 3.61. The van der Waals surface area contributed by atoms with Crippen LogP contribution in [0.3, 0.4) is 0 Å². The van der Waals surface area contributed by atoms with Crippen LogP contribution in [0.5, 0.6) is 11.5 Å². The second kappa shape index (κ2) is 5.16. The van der Waals surface area contributed by atoms with Gasteiger partial charge in [-0.05, 0) is 24.7 Å². The minimum absolute atomic E-state index is 0.113. The lowest BCUT2D eigenvalue weighted by Crippen LogP contribution is -2.10. The van der Waals surface area contributed by atoms with Crippen molar-refractivity contribution in [2.24, 2.45) is 0 Å². The van der Waals surface area contributed by atoms with Crippen molar-refractivity contribution in [1.29, 1.82) is 0 Å².